The zero-order valence-corrected chi connectivity index (χ0v) is 10.8. The number of anilines is 1. The van der Waals surface area contributed by atoms with Crippen molar-refractivity contribution in [2.45, 2.75) is 0 Å². The van der Waals surface area contributed by atoms with Gasteiger partial charge >= 0.3 is 5.69 Å². The number of pyridine rings is 1. The molecule has 0 radical (unpaired) electrons. The molecule has 0 amide bonds. The fourth-order valence-corrected chi connectivity index (χ4v) is 1.66. The number of hydrogen-bond donors (Lipinski definition) is 1. The highest BCUT2D eigenvalue weighted by Gasteiger charge is 2.02. The van der Waals surface area contributed by atoms with Gasteiger partial charge < -0.3 is 5.32 Å². The Morgan fingerprint density at radius 1 is 1.21 bits per heavy atom. The van der Waals surface area contributed by atoms with Crippen LogP contribution in [0.15, 0.2) is 34.1 Å². The first-order valence-corrected chi connectivity index (χ1v) is 5.64. The average molecular weight is 258 g/mol. The Balaban J connectivity index is 2.62. The fourth-order valence-electron chi connectivity index (χ4n) is 1.66. The van der Waals surface area contributed by atoms with E-state index in [1.54, 1.807) is 37.8 Å². The van der Waals surface area contributed by atoms with E-state index in [0.29, 0.717) is 10.6 Å². The minimum Gasteiger partial charge on any atom is -0.361 e. The van der Waals surface area contributed by atoms with Crippen LogP contribution in [0.2, 0.25) is 0 Å². The summed E-state index contributed by atoms with van der Waals surface area (Å²) in [5, 5.41) is 3.70. The second kappa shape index (κ2) is 4.93. The molecule has 0 fully saturated rings. The van der Waals surface area contributed by atoms with Crippen molar-refractivity contribution >= 4 is 18.5 Å². The minimum atomic E-state index is -0.393. The lowest BCUT2D eigenvalue weighted by Gasteiger charge is -2.04. The van der Waals surface area contributed by atoms with Gasteiger partial charge in [0.25, 0.3) is 5.56 Å². The zero-order chi connectivity index (χ0) is 14.0. The van der Waals surface area contributed by atoms with Gasteiger partial charge in [0.15, 0.2) is 0 Å². The monoisotopic (exact) mass is 258 g/mol. The molecule has 0 aromatic carbocycles. The third-order valence-corrected chi connectivity index (χ3v) is 2.89. The summed E-state index contributed by atoms with van der Waals surface area (Å²) >= 11 is 0. The van der Waals surface area contributed by atoms with Crippen molar-refractivity contribution in [3.8, 4) is 0 Å². The smallest absolute Gasteiger partial charge is 0.330 e. The summed E-state index contributed by atoms with van der Waals surface area (Å²) in [6.07, 6.45) is 4.82. The zero-order valence-electron chi connectivity index (χ0n) is 10.8. The van der Waals surface area contributed by atoms with Crippen molar-refractivity contribution in [2.24, 2.45) is 14.1 Å². The molecule has 0 spiro atoms. The van der Waals surface area contributed by atoms with E-state index in [2.05, 4.69) is 16.9 Å². The number of hydrogen-bond acceptors (Lipinski definition) is 4. The molecule has 19 heavy (non-hydrogen) atoms. The van der Waals surface area contributed by atoms with Crippen LogP contribution in [0.3, 0.4) is 0 Å². The van der Waals surface area contributed by atoms with Crippen molar-refractivity contribution in [1.82, 2.24) is 14.1 Å². The van der Waals surface area contributed by atoms with Crippen LogP contribution < -0.4 is 27.1 Å². The lowest BCUT2D eigenvalue weighted by atomic mass is 10.4. The van der Waals surface area contributed by atoms with E-state index in [0.717, 1.165) is 10.3 Å². The van der Waals surface area contributed by atoms with E-state index in [1.807, 2.05) is 0 Å². The summed E-state index contributed by atoms with van der Waals surface area (Å²) in [7, 11) is 3.02. The van der Waals surface area contributed by atoms with Gasteiger partial charge in [-0.05, 0) is 12.1 Å². The number of rotatable bonds is 2. The molecule has 2 aromatic heterocycles. The SMILES string of the molecule is C=c1/c(=C/Nc2ccncc2)c(=O)n(C)c(=O)n1C. The van der Waals surface area contributed by atoms with Gasteiger partial charge in [-0.15, -0.1) is 0 Å². The predicted octanol–water partition coefficient (Wildman–Crippen LogP) is -1.26. The molecule has 98 valence electrons. The molecule has 0 aliphatic rings. The lowest BCUT2D eigenvalue weighted by Crippen LogP contribution is -2.56. The molecule has 2 rings (SSSR count). The molecule has 0 aliphatic heterocycles. The Labute approximate surface area is 109 Å². The van der Waals surface area contributed by atoms with Crippen LogP contribution in [0.1, 0.15) is 0 Å². The van der Waals surface area contributed by atoms with E-state index in [9.17, 15) is 9.59 Å². The van der Waals surface area contributed by atoms with Gasteiger partial charge in [0.05, 0.1) is 10.6 Å². The van der Waals surface area contributed by atoms with Gasteiger partial charge in [-0.2, -0.15) is 0 Å². The van der Waals surface area contributed by atoms with Gasteiger partial charge in [0, 0.05) is 38.4 Å². The summed E-state index contributed by atoms with van der Waals surface area (Å²) in [5.41, 5.74) is 0.0241. The van der Waals surface area contributed by atoms with Crippen molar-refractivity contribution < 1.29 is 0 Å². The largest absolute Gasteiger partial charge is 0.361 e. The first-order chi connectivity index (χ1) is 9.02. The third-order valence-electron chi connectivity index (χ3n) is 2.89. The highest BCUT2D eigenvalue weighted by Crippen LogP contribution is 2.01. The summed E-state index contributed by atoms with van der Waals surface area (Å²) in [4.78, 5) is 27.6. The van der Waals surface area contributed by atoms with Crippen LogP contribution in [0.5, 0.6) is 0 Å². The van der Waals surface area contributed by atoms with E-state index >= 15 is 0 Å². The molecule has 1 N–H and O–H groups in total. The van der Waals surface area contributed by atoms with Crippen molar-refractivity contribution in [2.75, 3.05) is 5.32 Å². The van der Waals surface area contributed by atoms with Gasteiger partial charge in [0.1, 0.15) is 0 Å². The molecule has 2 aromatic rings. The fraction of sp³-hybridized carbons (Fsp3) is 0.154. The topological polar surface area (TPSA) is 68.9 Å². The summed E-state index contributed by atoms with van der Waals surface area (Å²) < 4.78 is 2.39. The van der Waals surface area contributed by atoms with E-state index in [1.165, 1.54) is 11.6 Å². The highest BCUT2D eigenvalue weighted by atomic mass is 16.2. The van der Waals surface area contributed by atoms with Crippen LogP contribution in [0.25, 0.3) is 12.8 Å². The van der Waals surface area contributed by atoms with Crippen molar-refractivity contribution in [1.29, 1.82) is 0 Å². The van der Waals surface area contributed by atoms with E-state index in [-0.39, 0.29) is 5.56 Å². The lowest BCUT2D eigenvalue weighted by molar-refractivity contribution is 0.661. The second-order valence-corrected chi connectivity index (χ2v) is 4.09. The first-order valence-electron chi connectivity index (χ1n) is 5.64. The molecule has 0 unspecified atom stereocenters. The Hall–Kier alpha value is -2.63. The van der Waals surface area contributed by atoms with Crippen molar-refractivity contribution in [3.63, 3.8) is 0 Å². The normalized spacial score (nSPS) is 11.6. The van der Waals surface area contributed by atoms with Gasteiger partial charge in [-0.3, -0.25) is 18.9 Å². The molecule has 0 bridgehead atoms. The quantitative estimate of drug-likeness (QED) is 0.730. The maximum absolute atomic E-state index is 12.0. The third kappa shape index (κ3) is 2.33. The van der Waals surface area contributed by atoms with Gasteiger partial charge in [0.2, 0.25) is 0 Å². The second-order valence-electron chi connectivity index (χ2n) is 4.09. The van der Waals surface area contributed by atoms with Crippen molar-refractivity contribution in [3.05, 3.63) is 55.9 Å². The molecular formula is C13H14N4O2. The van der Waals surface area contributed by atoms with Crippen LogP contribution >= 0.6 is 0 Å². The van der Waals surface area contributed by atoms with Crippen LogP contribution in [0.4, 0.5) is 5.69 Å². The Morgan fingerprint density at radius 3 is 2.47 bits per heavy atom. The molecular weight excluding hydrogens is 244 g/mol. The van der Waals surface area contributed by atoms with Crippen LogP contribution in [-0.2, 0) is 14.1 Å². The molecule has 0 saturated heterocycles. The number of nitrogens with zero attached hydrogens (tertiary/aromatic N) is 3. The Kier molecular flexibility index (Phi) is 3.33. The molecule has 6 nitrogen and oxygen atoms in total. The van der Waals surface area contributed by atoms with E-state index < -0.39 is 5.69 Å². The standard InChI is InChI=1S/C13H14N4O2/c1-9-11(8-15-10-4-6-14-7-5-10)12(18)17(3)13(19)16(9)2/h4-8H,1H2,2-3H3,(H,14,15)/b11-8-. The molecule has 6 heteroatoms. The van der Waals surface area contributed by atoms with E-state index in [4.69, 9.17) is 0 Å². The van der Waals surface area contributed by atoms with Crippen LogP contribution in [0, 0.1) is 0 Å². The summed E-state index contributed by atoms with van der Waals surface area (Å²) in [5.74, 6) is 0. The molecule has 0 atom stereocenters. The number of aromatic nitrogens is 3. The molecule has 0 saturated carbocycles. The Morgan fingerprint density at radius 2 is 1.84 bits per heavy atom. The predicted molar refractivity (Wildman–Crippen MR) is 74.0 cm³/mol. The Bertz CT molecular complexity index is 775. The highest BCUT2D eigenvalue weighted by molar-refractivity contribution is 5.52. The molecule has 2 heterocycles. The van der Waals surface area contributed by atoms with Gasteiger partial charge in [-0.1, -0.05) is 6.58 Å². The summed E-state index contributed by atoms with van der Waals surface area (Å²) in [6.45, 7) is 3.76. The van der Waals surface area contributed by atoms with Crippen LogP contribution in [-0.4, -0.2) is 14.1 Å². The molecule has 0 aliphatic carbocycles. The average Bonchev–Trinajstić information content (AvgIpc) is 2.44. The maximum Gasteiger partial charge on any atom is 0.330 e. The van der Waals surface area contributed by atoms with Gasteiger partial charge in [-0.25, -0.2) is 4.79 Å². The summed E-state index contributed by atoms with van der Waals surface area (Å²) in [6, 6.07) is 3.54. The number of nitrogens with one attached hydrogen (secondary N) is 1. The maximum atomic E-state index is 12.0. The minimum absolute atomic E-state index is 0.349. The first kappa shape index (κ1) is 12.8.